The number of hydrogen-bond donors (Lipinski definition) is 0. The summed E-state index contributed by atoms with van der Waals surface area (Å²) in [5, 5.41) is 8.60. The summed E-state index contributed by atoms with van der Waals surface area (Å²) in [4.78, 5) is 15.0. The van der Waals surface area contributed by atoms with E-state index in [1.807, 2.05) is 6.07 Å². The summed E-state index contributed by atoms with van der Waals surface area (Å²) >= 11 is 0. The predicted molar refractivity (Wildman–Crippen MR) is 49.7 cm³/mol. The van der Waals surface area contributed by atoms with Gasteiger partial charge in [0.15, 0.2) is 0 Å². The van der Waals surface area contributed by atoms with Crippen LogP contribution in [0, 0.1) is 11.3 Å². The third-order valence-electron chi connectivity index (χ3n) is 1.72. The molecule has 0 N–H and O–H groups in total. The molecule has 5 heteroatoms. The average Bonchev–Trinajstić information content (AvgIpc) is 2.28. The fourth-order valence-electron chi connectivity index (χ4n) is 1.05. The monoisotopic (exact) mass is 208 g/mol. The van der Waals surface area contributed by atoms with E-state index in [-0.39, 0.29) is 23.4 Å². The van der Waals surface area contributed by atoms with E-state index < -0.39 is 12.6 Å². The Morgan fingerprint density at radius 3 is 3.00 bits per heavy atom. The number of carbonyl (C=O) groups excluding carboxylic acids is 1. The summed E-state index contributed by atoms with van der Waals surface area (Å²) in [5.41, 5.74) is 0.209. The summed E-state index contributed by atoms with van der Waals surface area (Å²) in [5.74, 6) is -0.658. The normalized spacial score (nSPS) is 9.40. The highest BCUT2D eigenvalue weighted by molar-refractivity contribution is 5.90. The molecular formula is C10H9FN2O2. The maximum absolute atomic E-state index is 12.5. The van der Waals surface area contributed by atoms with Crippen LogP contribution in [-0.2, 0) is 11.4 Å². The topological polar surface area (TPSA) is 63.0 Å². The van der Waals surface area contributed by atoms with Gasteiger partial charge in [-0.3, -0.25) is 4.98 Å². The molecule has 1 aromatic heterocycles. The summed E-state index contributed by atoms with van der Waals surface area (Å²) in [6, 6.07) is 3.10. The predicted octanol–water partition coefficient (Wildman–Crippen LogP) is 1.60. The highest BCUT2D eigenvalue weighted by Crippen LogP contribution is 2.11. The minimum absolute atomic E-state index is 0.00699. The lowest BCUT2D eigenvalue weighted by Gasteiger charge is -2.05. The highest BCUT2D eigenvalue weighted by Gasteiger charge is 2.14. The van der Waals surface area contributed by atoms with Crippen LogP contribution in [0.5, 0.6) is 0 Å². The molecule has 0 aliphatic heterocycles. The number of ether oxygens (including phenoxy) is 1. The molecule has 0 aliphatic rings. The molecule has 0 unspecified atom stereocenters. The van der Waals surface area contributed by atoms with Crippen molar-refractivity contribution < 1.29 is 13.9 Å². The number of hydrogen-bond acceptors (Lipinski definition) is 4. The van der Waals surface area contributed by atoms with Crippen molar-refractivity contribution in [1.29, 1.82) is 5.26 Å². The quantitative estimate of drug-likeness (QED) is 0.708. The standard InChI is InChI=1S/C10H9FN2O2/c1-2-15-10(14)8-3-7(5-12)6-13-9(8)4-11/h3,6H,2,4H2,1H3. The molecule has 1 aromatic rings. The lowest BCUT2D eigenvalue weighted by Crippen LogP contribution is -2.09. The van der Waals surface area contributed by atoms with E-state index in [4.69, 9.17) is 10.00 Å². The molecule has 4 nitrogen and oxygen atoms in total. The van der Waals surface area contributed by atoms with Crippen molar-refractivity contribution >= 4 is 5.97 Å². The highest BCUT2D eigenvalue weighted by atomic mass is 19.1. The van der Waals surface area contributed by atoms with Gasteiger partial charge in [0.2, 0.25) is 0 Å². The van der Waals surface area contributed by atoms with Gasteiger partial charge < -0.3 is 4.74 Å². The van der Waals surface area contributed by atoms with E-state index in [9.17, 15) is 9.18 Å². The lowest BCUT2D eigenvalue weighted by molar-refractivity contribution is 0.0523. The Bertz CT molecular complexity index is 412. The number of carbonyl (C=O) groups is 1. The third kappa shape index (κ3) is 2.50. The van der Waals surface area contributed by atoms with Crippen LogP contribution in [0.3, 0.4) is 0 Å². The molecular weight excluding hydrogens is 199 g/mol. The van der Waals surface area contributed by atoms with Gasteiger partial charge >= 0.3 is 5.97 Å². The van der Waals surface area contributed by atoms with Gasteiger partial charge in [0.1, 0.15) is 12.7 Å². The largest absolute Gasteiger partial charge is 0.462 e. The zero-order valence-corrected chi connectivity index (χ0v) is 8.16. The fraction of sp³-hybridized carbons (Fsp3) is 0.300. The van der Waals surface area contributed by atoms with E-state index in [1.54, 1.807) is 6.92 Å². The Balaban J connectivity index is 3.12. The Kier molecular flexibility index (Phi) is 3.75. The molecule has 0 aliphatic carbocycles. The number of nitriles is 1. The first kappa shape index (κ1) is 11.1. The summed E-state index contributed by atoms with van der Waals surface area (Å²) in [6.45, 7) is 0.982. The van der Waals surface area contributed by atoms with Gasteiger partial charge in [0.05, 0.1) is 23.4 Å². The Morgan fingerprint density at radius 1 is 1.73 bits per heavy atom. The number of halogens is 1. The van der Waals surface area contributed by atoms with Crippen molar-refractivity contribution in [2.24, 2.45) is 0 Å². The van der Waals surface area contributed by atoms with Gasteiger partial charge in [-0.2, -0.15) is 5.26 Å². The summed E-state index contributed by atoms with van der Waals surface area (Å²) in [6.07, 6.45) is 1.22. The fourth-order valence-corrected chi connectivity index (χ4v) is 1.05. The number of pyridine rings is 1. The molecule has 1 rings (SSSR count). The van der Waals surface area contributed by atoms with Gasteiger partial charge in [-0.1, -0.05) is 0 Å². The van der Waals surface area contributed by atoms with Crippen LogP contribution < -0.4 is 0 Å². The second-order valence-corrected chi connectivity index (χ2v) is 2.68. The number of nitrogens with zero attached hydrogens (tertiary/aromatic N) is 2. The average molecular weight is 208 g/mol. The Morgan fingerprint density at radius 2 is 2.47 bits per heavy atom. The van der Waals surface area contributed by atoms with Crippen LogP contribution in [-0.4, -0.2) is 17.6 Å². The molecule has 0 aromatic carbocycles. The van der Waals surface area contributed by atoms with Crippen molar-refractivity contribution in [3.63, 3.8) is 0 Å². The minimum Gasteiger partial charge on any atom is -0.462 e. The molecule has 0 saturated heterocycles. The molecule has 0 spiro atoms. The Hall–Kier alpha value is -1.96. The van der Waals surface area contributed by atoms with Crippen molar-refractivity contribution in [1.82, 2.24) is 4.98 Å². The molecule has 0 atom stereocenters. The first-order chi connectivity index (χ1) is 7.22. The summed E-state index contributed by atoms with van der Waals surface area (Å²) in [7, 11) is 0. The van der Waals surface area contributed by atoms with E-state index in [2.05, 4.69) is 4.98 Å². The molecule has 0 fully saturated rings. The zero-order chi connectivity index (χ0) is 11.3. The molecule has 0 saturated carbocycles. The maximum atomic E-state index is 12.5. The van der Waals surface area contributed by atoms with Crippen LogP contribution in [0.1, 0.15) is 28.5 Å². The SMILES string of the molecule is CCOC(=O)c1cc(C#N)cnc1CF. The van der Waals surface area contributed by atoms with Crippen LogP contribution in [0.25, 0.3) is 0 Å². The number of aromatic nitrogens is 1. The molecule has 1 heterocycles. The van der Waals surface area contributed by atoms with E-state index in [0.717, 1.165) is 0 Å². The molecule has 0 radical (unpaired) electrons. The van der Waals surface area contributed by atoms with Crippen LogP contribution in [0.15, 0.2) is 12.3 Å². The Labute approximate surface area is 86.3 Å². The van der Waals surface area contributed by atoms with Crippen molar-refractivity contribution in [2.75, 3.05) is 6.61 Å². The molecule has 78 valence electrons. The number of esters is 1. The van der Waals surface area contributed by atoms with Crippen molar-refractivity contribution in [3.05, 3.63) is 29.1 Å². The second-order valence-electron chi connectivity index (χ2n) is 2.68. The molecule has 0 amide bonds. The van der Waals surface area contributed by atoms with Gasteiger partial charge in [-0.05, 0) is 13.0 Å². The first-order valence-corrected chi connectivity index (χ1v) is 4.35. The van der Waals surface area contributed by atoms with Gasteiger partial charge in [-0.15, -0.1) is 0 Å². The van der Waals surface area contributed by atoms with Crippen LogP contribution in [0.4, 0.5) is 4.39 Å². The number of rotatable bonds is 3. The molecule has 0 bridgehead atoms. The van der Waals surface area contributed by atoms with Crippen LogP contribution in [0.2, 0.25) is 0 Å². The van der Waals surface area contributed by atoms with Gasteiger partial charge in [0.25, 0.3) is 0 Å². The van der Waals surface area contributed by atoms with E-state index in [1.165, 1.54) is 12.3 Å². The zero-order valence-electron chi connectivity index (χ0n) is 8.16. The maximum Gasteiger partial charge on any atom is 0.340 e. The van der Waals surface area contributed by atoms with Crippen molar-refractivity contribution in [2.45, 2.75) is 13.6 Å². The van der Waals surface area contributed by atoms with Gasteiger partial charge in [0, 0.05) is 6.20 Å². The minimum atomic E-state index is -0.861. The lowest BCUT2D eigenvalue weighted by atomic mass is 10.1. The summed E-state index contributed by atoms with van der Waals surface area (Å²) < 4.78 is 17.2. The van der Waals surface area contributed by atoms with Crippen LogP contribution >= 0.6 is 0 Å². The van der Waals surface area contributed by atoms with E-state index >= 15 is 0 Å². The third-order valence-corrected chi connectivity index (χ3v) is 1.72. The van der Waals surface area contributed by atoms with E-state index in [0.29, 0.717) is 0 Å². The first-order valence-electron chi connectivity index (χ1n) is 4.35. The molecule has 15 heavy (non-hydrogen) atoms. The smallest absolute Gasteiger partial charge is 0.340 e. The van der Waals surface area contributed by atoms with Crippen molar-refractivity contribution in [3.8, 4) is 6.07 Å². The van der Waals surface area contributed by atoms with Gasteiger partial charge in [-0.25, -0.2) is 9.18 Å². The second kappa shape index (κ2) is 5.05. The number of alkyl halides is 1.